The molecular weight excluding hydrogens is 398 g/mol. The molecule has 3 aromatic rings. The van der Waals surface area contributed by atoms with Crippen molar-refractivity contribution >= 4 is 28.4 Å². The minimum Gasteiger partial charge on any atom is -0.360 e. The molecule has 2 amide bonds. The Morgan fingerprint density at radius 1 is 1.10 bits per heavy atom. The lowest BCUT2D eigenvalue weighted by Crippen LogP contribution is -2.47. The first-order valence-corrected chi connectivity index (χ1v) is 10.0. The van der Waals surface area contributed by atoms with Gasteiger partial charge in [0.05, 0.1) is 10.5 Å². The van der Waals surface area contributed by atoms with Gasteiger partial charge < -0.3 is 20.1 Å². The highest BCUT2D eigenvalue weighted by Gasteiger charge is 2.20. The average molecular weight is 421 g/mol. The second-order valence-corrected chi connectivity index (χ2v) is 7.66. The highest BCUT2D eigenvalue weighted by Crippen LogP contribution is 2.23. The summed E-state index contributed by atoms with van der Waals surface area (Å²) in [6, 6.07) is 11.6. The molecule has 160 valence electrons. The van der Waals surface area contributed by atoms with Crippen LogP contribution in [0.3, 0.4) is 0 Å². The first-order valence-electron chi connectivity index (χ1n) is 10.0. The van der Waals surface area contributed by atoms with Crippen molar-refractivity contribution < 1.29 is 14.5 Å². The fraction of sp³-hybridized carbons (Fsp3) is 0.273. The van der Waals surface area contributed by atoms with Crippen LogP contribution in [0.25, 0.3) is 10.9 Å². The molecule has 9 nitrogen and oxygen atoms in total. The topological polar surface area (TPSA) is 112 Å². The van der Waals surface area contributed by atoms with Gasteiger partial charge in [-0.15, -0.1) is 0 Å². The number of H-pyrrole nitrogens is 1. The van der Waals surface area contributed by atoms with Crippen LogP contribution in [0.1, 0.15) is 26.3 Å². The third-order valence-electron chi connectivity index (χ3n) is 5.57. The summed E-state index contributed by atoms with van der Waals surface area (Å²) < 4.78 is 0. The lowest BCUT2D eigenvalue weighted by Gasteiger charge is -2.32. The summed E-state index contributed by atoms with van der Waals surface area (Å²) in [5, 5.41) is 14.3. The van der Waals surface area contributed by atoms with Crippen LogP contribution in [0.2, 0.25) is 0 Å². The number of amides is 2. The lowest BCUT2D eigenvalue weighted by molar-refractivity contribution is -0.384. The van der Waals surface area contributed by atoms with Gasteiger partial charge in [0.25, 0.3) is 17.5 Å². The first kappa shape index (κ1) is 20.5. The van der Waals surface area contributed by atoms with E-state index in [1.807, 2.05) is 24.1 Å². The molecule has 31 heavy (non-hydrogen) atoms. The molecule has 1 aromatic heterocycles. The monoisotopic (exact) mass is 421 g/mol. The molecule has 0 aliphatic carbocycles. The van der Waals surface area contributed by atoms with Gasteiger partial charge in [-0.25, -0.2) is 0 Å². The molecule has 1 aliphatic heterocycles. The maximum Gasteiger partial charge on any atom is 0.270 e. The van der Waals surface area contributed by atoms with Crippen LogP contribution in [0.4, 0.5) is 5.69 Å². The number of nitro benzene ring substituents is 1. The van der Waals surface area contributed by atoms with Gasteiger partial charge >= 0.3 is 0 Å². The molecule has 0 radical (unpaired) electrons. The van der Waals surface area contributed by atoms with E-state index in [1.165, 1.54) is 12.1 Å². The van der Waals surface area contributed by atoms with Gasteiger partial charge in [0.15, 0.2) is 0 Å². The zero-order valence-corrected chi connectivity index (χ0v) is 17.1. The Morgan fingerprint density at radius 2 is 1.81 bits per heavy atom. The molecular formula is C22H23N5O4. The first-order chi connectivity index (χ1) is 14.9. The van der Waals surface area contributed by atoms with Crippen molar-refractivity contribution in [2.24, 2.45) is 0 Å². The lowest BCUT2D eigenvalue weighted by atomic mass is 10.1. The van der Waals surface area contributed by atoms with E-state index in [2.05, 4.69) is 15.2 Å². The molecule has 1 fully saturated rings. The van der Waals surface area contributed by atoms with Gasteiger partial charge in [-0.1, -0.05) is 12.1 Å². The van der Waals surface area contributed by atoms with Crippen LogP contribution in [-0.4, -0.2) is 64.7 Å². The minimum absolute atomic E-state index is 0.0177. The molecule has 4 rings (SSSR count). The molecule has 0 saturated carbocycles. The van der Waals surface area contributed by atoms with Crippen LogP contribution in [0.15, 0.2) is 48.7 Å². The normalized spacial score (nSPS) is 14.5. The maximum atomic E-state index is 12.6. The SMILES string of the molecule is CN1CCN(C(=O)c2ccc(CNC(=O)c3c[nH]c4ccc([N+](=O)[O-])cc34)cc2)CC1. The van der Waals surface area contributed by atoms with Crippen LogP contribution >= 0.6 is 0 Å². The number of benzene rings is 2. The summed E-state index contributed by atoms with van der Waals surface area (Å²) in [5.41, 5.74) is 2.42. The summed E-state index contributed by atoms with van der Waals surface area (Å²) in [6.45, 7) is 3.45. The Kier molecular flexibility index (Phi) is 5.68. The Hall–Kier alpha value is -3.72. The number of hydrogen-bond donors (Lipinski definition) is 2. The zero-order chi connectivity index (χ0) is 22.0. The molecule has 0 bridgehead atoms. The summed E-state index contributed by atoms with van der Waals surface area (Å²) in [5.74, 6) is -0.312. The highest BCUT2D eigenvalue weighted by molar-refractivity contribution is 6.07. The molecule has 1 aliphatic rings. The van der Waals surface area contributed by atoms with Crippen LogP contribution in [0, 0.1) is 10.1 Å². The molecule has 0 unspecified atom stereocenters. The number of carbonyl (C=O) groups excluding carboxylic acids is 2. The number of aromatic amines is 1. The van der Waals surface area contributed by atoms with E-state index in [9.17, 15) is 19.7 Å². The summed E-state index contributed by atoms with van der Waals surface area (Å²) >= 11 is 0. The van der Waals surface area contributed by atoms with Gasteiger partial charge in [-0.2, -0.15) is 0 Å². The smallest absolute Gasteiger partial charge is 0.270 e. The number of nitro groups is 1. The number of nitrogens with one attached hydrogen (secondary N) is 2. The van der Waals surface area contributed by atoms with Gasteiger partial charge in [-0.05, 0) is 30.8 Å². The standard InChI is InChI=1S/C22H23N5O4/c1-25-8-10-26(11-9-25)22(29)16-4-2-15(3-5-16)13-24-21(28)19-14-23-20-7-6-17(27(30)31)12-18(19)20/h2-7,12,14,23H,8-11,13H2,1H3,(H,24,28). The number of piperazine rings is 1. The van der Waals surface area contributed by atoms with Gasteiger partial charge in [0, 0.05) is 67.5 Å². The number of non-ortho nitro benzene ring substituents is 1. The molecule has 0 atom stereocenters. The zero-order valence-electron chi connectivity index (χ0n) is 17.1. The van der Waals surface area contributed by atoms with E-state index in [-0.39, 0.29) is 24.0 Å². The summed E-state index contributed by atoms with van der Waals surface area (Å²) in [4.78, 5) is 42.8. The third kappa shape index (κ3) is 4.41. The second-order valence-electron chi connectivity index (χ2n) is 7.66. The van der Waals surface area contributed by atoms with E-state index < -0.39 is 4.92 Å². The highest BCUT2D eigenvalue weighted by atomic mass is 16.6. The number of nitrogens with zero attached hydrogens (tertiary/aromatic N) is 3. The van der Waals surface area contributed by atoms with Crippen molar-refractivity contribution in [3.63, 3.8) is 0 Å². The molecule has 2 N–H and O–H groups in total. The maximum absolute atomic E-state index is 12.6. The summed E-state index contributed by atoms with van der Waals surface area (Å²) in [7, 11) is 2.04. The number of likely N-dealkylation sites (N-methyl/N-ethyl adjacent to an activating group) is 1. The Morgan fingerprint density at radius 3 is 2.48 bits per heavy atom. The van der Waals surface area contributed by atoms with E-state index in [0.717, 1.165) is 31.7 Å². The van der Waals surface area contributed by atoms with E-state index >= 15 is 0 Å². The van der Waals surface area contributed by atoms with Crippen molar-refractivity contribution in [1.82, 2.24) is 20.1 Å². The number of rotatable bonds is 5. The fourth-order valence-electron chi connectivity index (χ4n) is 3.64. The molecule has 2 aromatic carbocycles. The number of fused-ring (bicyclic) bond motifs is 1. The van der Waals surface area contributed by atoms with Crippen molar-refractivity contribution in [2.75, 3.05) is 33.2 Å². The van der Waals surface area contributed by atoms with Crippen LogP contribution < -0.4 is 5.32 Å². The van der Waals surface area contributed by atoms with Crippen molar-refractivity contribution in [3.05, 3.63) is 75.5 Å². The third-order valence-corrected chi connectivity index (χ3v) is 5.57. The van der Waals surface area contributed by atoms with Gasteiger partial charge in [-0.3, -0.25) is 19.7 Å². The fourth-order valence-corrected chi connectivity index (χ4v) is 3.64. The minimum atomic E-state index is -0.487. The van der Waals surface area contributed by atoms with Crippen molar-refractivity contribution in [3.8, 4) is 0 Å². The Bertz CT molecular complexity index is 1130. The van der Waals surface area contributed by atoms with E-state index in [0.29, 0.717) is 22.0 Å². The summed E-state index contributed by atoms with van der Waals surface area (Å²) in [6.07, 6.45) is 1.54. The van der Waals surface area contributed by atoms with Gasteiger partial charge in [0.2, 0.25) is 0 Å². The van der Waals surface area contributed by atoms with Gasteiger partial charge in [0.1, 0.15) is 0 Å². The van der Waals surface area contributed by atoms with Crippen molar-refractivity contribution in [2.45, 2.75) is 6.54 Å². The Balaban J connectivity index is 1.40. The number of aromatic nitrogens is 1. The predicted molar refractivity (Wildman–Crippen MR) is 116 cm³/mol. The molecule has 1 saturated heterocycles. The van der Waals surface area contributed by atoms with Crippen LogP contribution in [-0.2, 0) is 6.54 Å². The largest absolute Gasteiger partial charge is 0.360 e. The molecule has 2 heterocycles. The average Bonchev–Trinajstić information content (AvgIpc) is 3.21. The molecule has 0 spiro atoms. The van der Waals surface area contributed by atoms with Crippen LogP contribution in [0.5, 0.6) is 0 Å². The second kappa shape index (κ2) is 8.57. The quantitative estimate of drug-likeness (QED) is 0.485. The van der Waals surface area contributed by atoms with E-state index in [1.54, 1.807) is 24.4 Å². The Labute approximate surface area is 178 Å². The number of carbonyl (C=O) groups is 2. The molecule has 9 heteroatoms. The van der Waals surface area contributed by atoms with Crippen molar-refractivity contribution in [1.29, 1.82) is 0 Å². The predicted octanol–water partition coefficient (Wildman–Crippen LogP) is 2.39. The number of hydrogen-bond acceptors (Lipinski definition) is 5. The van der Waals surface area contributed by atoms with E-state index in [4.69, 9.17) is 0 Å².